The lowest BCUT2D eigenvalue weighted by molar-refractivity contribution is 0.0948. The lowest BCUT2D eigenvalue weighted by atomic mass is 10.2. The Morgan fingerprint density at radius 3 is 1.27 bits per heavy atom. The van der Waals surface area contributed by atoms with Gasteiger partial charge in [0.25, 0.3) is 11.8 Å². The van der Waals surface area contributed by atoms with Crippen LogP contribution in [0.2, 0.25) is 0 Å². The minimum Gasteiger partial charge on any atom is -0.268 e. The minimum absolute atomic E-state index is 0.379. The fourth-order valence-electron chi connectivity index (χ4n) is 2.96. The number of imidazole rings is 1. The molecule has 0 saturated carbocycles. The van der Waals surface area contributed by atoms with E-state index in [1.165, 1.54) is 0 Å². The summed E-state index contributed by atoms with van der Waals surface area (Å²) in [6.07, 6.45) is 0. The van der Waals surface area contributed by atoms with Gasteiger partial charge in [0.05, 0.1) is 11.0 Å². The van der Waals surface area contributed by atoms with E-state index >= 15 is 0 Å². The van der Waals surface area contributed by atoms with E-state index in [1.807, 2.05) is 0 Å². The molecule has 4 rings (SSSR count). The lowest BCUT2D eigenvalue weighted by Crippen LogP contribution is -2.32. The van der Waals surface area contributed by atoms with Crippen LogP contribution >= 0.6 is 0 Å². The SMILES string of the molecule is O=C(c1ccccc1)n1c(=O)n(C(=O)c2ccccc2)c2ccccc21. The van der Waals surface area contributed by atoms with Gasteiger partial charge in [-0.1, -0.05) is 48.5 Å². The van der Waals surface area contributed by atoms with Crippen molar-refractivity contribution in [1.29, 1.82) is 0 Å². The minimum atomic E-state index is -0.672. The highest BCUT2D eigenvalue weighted by atomic mass is 16.2. The molecular formula is C21H14N2O3. The van der Waals surface area contributed by atoms with Gasteiger partial charge in [0, 0.05) is 11.1 Å². The maximum atomic E-state index is 13.0. The zero-order valence-electron chi connectivity index (χ0n) is 13.7. The summed E-state index contributed by atoms with van der Waals surface area (Å²) in [7, 11) is 0. The molecule has 0 radical (unpaired) electrons. The number of hydrogen-bond acceptors (Lipinski definition) is 3. The first kappa shape index (κ1) is 15.8. The van der Waals surface area contributed by atoms with Crippen molar-refractivity contribution in [1.82, 2.24) is 9.13 Å². The number of hydrogen-bond donors (Lipinski definition) is 0. The van der Waals surface area contributed by atoms with Crippen LogP contribution in [0.25, 0.3) is 11.0 Å². The maximum Gasteiger partial charge on any atom is 0.343 e. The Balaban J connectivity index is 1.97. The molecule has 0 aliphatic rings. The summed E-state index contributed by atoms with van der Waals surface area (Å²) in [6.45, 7) is 0. The van der Waals surface area contributed by atoms with E-state index in [0.29, 0.717) is 22.2 Å². The summed E-state index contributed by atoms with van der Waals surface area (Å²) in [4.78, 5) is 38.8. The van der Waals surface area contributed by atoms with Crippen molar-refractivity contribution in [3.63, 3.8) is 0 Å². The number of fused-ring (bicyclic) bond motifs is 1. The predicted molar refractivity (Wildman–Crippen MR) is 98.5 cm³/mol. The molecule has 1 aromatic heterocycles. The first-order chi connectivity index (χ1) is 12.7. The highest BCUT2D eigenvalue weighted by Crippen LogP contribution is 2.16. The van der Waals surface area contributed by atoms with Crippen LogP contribution in [-0.2, 0) is 0 Å². The van der Waals surface area contributed by atoms with Crippen LogP contribution in [0.15, 0.2) is 89.7 Å². The molecule has 5 heteroatoms. The molecule has 26 heavy (non-hydrogen) atoms. The van der Waals surface area contributed by atoms with E-state index in [0.717, 1.165) is 9.13 Å². The van der Waals surface area contributed by atoms with Gasteiger partial charge in [0.1, 0.15) is 0 Å². The van der Waals surface area contributed by atoms with Crippen LogP contribution in [0.5, 0.6) is 0 Å². The summed E-state index contributed by atoms with van der Waals surface area (Å²) in [5.74, 6) is -0.933. The Hall–Kier alpha value is -3.73. The number of carbonyl (C=O) groups is 2. The molecule has 0 fully saturated rings. The maximum absolute atomic E-state index is 13.0. The van der Waals surface area contributed by atoms with E-state index < -0.39 is 17.5 Å². The summed E-state index contributed by atoms with van der Waals surface area (Å²) in [5, 5.41) is 0. The van der Waals surface area contributed by atoms with Crippen molar-refractivity contribution >= 4 is 22.8 Å². The lowest BCUT2D eigenvalue weighted by Gasteiger charge is -2.02. The van der Waals surface area contributed by atoms with E-state index in [9.17, 15) is 14.4 Å². The van der Waals surface area contributed by atoms with Gasteiger partial charge in [0.15, 0.2) is 0 Å². The smallest absolute Gasteiger partial charge is 0.268 e. The van der Waals surface area contributed by atoms with Gasteiger partial charge in [-0.15, -0.1) is 0 Å². The molecule has 0 bridgehead atoms. The molecule has 0 unspecified atom stereocenters. The van der Waals surface area contributed by atoms with Crippen molar-refractivity contribution in [3.05, 3.63) is 107 Å². The van der Waals surface area contributed by atoms with Crippen molar-refractivity contribution in [2.75, 3.05) is 0 Å². The standard InChI is InChI=1S/C21H14N2O3/c24-19(15-9-3-1-4-10-15)22-17-13-7-8-14-18(17)23(21(22)26)20(25)16-11-5-2-6-12-16/h1-14H. The molecule has 4 aromatic rings. The first-order valence-corrected chi connectivity index (χ1v) is 8.10. The summed E-state index contributed by atoms with van der Waals surface area (Å²) < 4.78 is 2.09. The van der Waals surface area contributed by atoms with Gasteiger partial charge in [-0.2, -0.15) is 0 Å². The molecule has 0 aliphatic heterocycles. The molecule has 0 atom stereocenters. The average molecular weight is 342 g/mol. The van der Waals surface area contributed by atoms with E-state index in [-0.39, 0.29) is 0 Å². The summed E-state index contributed by atoms with van der Waals surface area (Å²) in [6, 6.07) is 23.8. The Labute approximate surface area is 148 Å². The topological polar surface area (TPSA) is 61.1 Å². The van der Waals surface area contributed by atoms with Gasteiger partial charge in [0.2, 0.25) is 0 Å². The van der Waals surface area contributed by atoms with Crippen LogP contribution in [0.4, 0.5) is 0 Å². The largest absolute Gasteiger partial charge is 0.343 e. The Morgan fingerprint density at radius 1 is 0.538 bits per heavy atom. The van der Waals surface area contributed by atoms with Crippen molar-refractivity contribution in [3.8, 4) is 0 Å². The molecule has 1 heterocycles. The molecule has 0 aliphatic carbocycles. The van der Waals surface area contributed by atoms with Crippen LogP contribution in [0.1, 0.15) is 20.7 Å². The van der Waals surface area contributed by atoms with E-state index in [4.69, 9.17) is 0 Å². The van der Waals surface area contributed by atoms with Crippen LogP contribution in [0.3, 0.4) is 0 Å². The van der Waals surface area contributed by atoms with Crippen LogP contribution in [-0.4, -0.2) is 20.9 Å². The van der Waals surface area contributed by atoms with Gasteiger partial charge in [-0.05, 0) is 36.4 Å². The highest BCUT2D eigenvalue weighted by Gasteiger charge is 2.23. The molecule has 0 spiro atoms. The third-order valence-corrected chi connectivity index (χ3v) is 4.19. The molecule has 5 nitrogen and oxygen atoms in total. The van der Waals surface area contributed by atoms with Gasteiger partial charge in [-0.25, -0.2) is 13.9 Å². The van der Waals surface area contributed by atoms with Gasteiger partial charge < -0.3 is 0 Å². The molecule has 126 valence electrons. The number of para-hydroxylation sites is 2. The quantitative estimate of drug-likeness (QED) is 0.562. The Bertz CT molecular complexity index is 1080. The van der Waals surface area contributed by atoms with Gasteiger partial charge >= 0.3 is 5.69 Å². The van der Waals surface area contributed by atoms with Gasteiger partial charge in [-0.3, -0.25) is 9.59 Å². The van der Waals surface area contributed by atoms with Crippen LogP contribution in [0, 0.1) is 0 Å². The molecule has 3 aromatic carbocycles. The first-order valence-electron chi connectivity index (χ1n) is 8.10. The normalized spacial score (nSPS) is 10.8. The molecule has 0 amide bonds. The third-order valence-electron chi connectivity index (χ3n) is 4.19. The van der Waals surface area contributed by atoms with Crippen molar-refractivity contribution < 1.29 is 9.59 Å². The molecule has 0 N–H and O–H groups in total. The average Bonchev–Trinajstić information content (AvgIpc) is 3.00. The molecule has 0 saturated heterocycles. The van der Waals surface area contributed by atoms with E-state index in [1.54, 1.807) is 84.9 Å². The second kappa shape index (κ2) is 6.29. The Kier molecular flexibility index (Phi) is 3.82. The van der Waals surface area contributed by atoms with Crippen molar-refractivity contribution in [2.24, 2.45) is 0 Å². The van der Waals surface area contributed by atoms with Crippen molar-refractivity contribution in [2.45, 2.75) is 0 Å². The predicted octanol–water partition coefficient (Wildman–Crippen LogP) is 3.18. The van der Waals surface area contributed by atoms with E-state index in [2.05, 4.69) is 0 Å². The number of benzene rings is 3. The van der Waals surface area contributed by atoms with Crippen LogP contribution < -0.4 is 5.69 Å². The second-order valence-corrected chi connectivity index (χ2v) is 5.78. The fraction of sp³-hybridized carbons (Fsp3) is 0. The monoisotopic (exact) mass is 342 g/mol. The zero-order valence-corrected chi connectivity index (χ0v) is 13.7. The fourth-order valence-corrected chi connectivity index (χ4v) is 2.96. The molecular weight excluding hydrogens is 328 g/mol. The summed E-state index contributed by atoms with van der Waals surface area (Å²) >= 11 is 0. The number of rotatable bonds is 2. The Morgan fingerprint density at radius 2 is 0.885 bits per heavy atom. The summed E-state index contributed by atoms with van der Waals surface area (Å²) in [5.41, 5.74) is 0.884. The highest BCUT2D eigenvalue weighted by molar-refractivity contribution is 6.06. The number of aromatic nitrogens is 2. The second-order valence-electron chi connectivity index (χ2n) is 5.78. The number of nitrogens with zero attached hydrogens (tertiary/aromatic N) is 2. The third kappa shape index (κ3) is 2.46. The number of carbonyl (C=O) groups excluding carboxylic acids is 2. The zero-order chi connectivity index (χ0) is 18.1.